The van der Waals surface area contributed by atoms with Crippen LogP contribution in [-0.4, -0.2) is 36.9 Å². The summed E-state index contributed by atoms with van der Waals surface area (Å²) in [7, 11) is 1.61. The monoisotopic (exact) mass is 350 g/mol. The highest BCUT2D eigenvalue weighted by Gasteiger charge is 2.18. The molecule has 0 radical (unpaired) electrons. The van der Waals surface area contributed by atoms with Crippen molar-refractivity contribution >= 4 is 12.0 Å². The topological polar surface area (TPSA) is 96.9 Å². The van der Waals surface area contributed by atoms with Gasteiger partial charge in [-0.15, -0.1) is 0 Å². The van der Waals surface area contributed by atoms with E-state index < -0.39 is 5.97 Å². The molecule has 0 heterocycles. The Morgan fingerprint density at radius 1 is 1.24 bits per heavy atom. The quantitative estimate of drug-likeness (QED) is 0.595. The van der Waals surface area contributed by atoms with Crippen molar-refractivity contribution in [3.05, 3.63) is 23.8 Å². The van der Waals surface area contributed by atoms with Crippen LogP contribution >= 0.6 is 0 Å². The second-order valence-corrected chi connectivity index (χ2v) is 6.10. The van der Waals surface area contributed by atoms with Gasteiger partial charge in [0.05, 0.1) is 13.2 Å². The van der Waals surface area contributed by atoms with E-state index in [-0.39, 0.29) is 18.6 Å². The zero-order valence-electron chi connectivity index (χ0n) is 14.5. The number of urea groups is 1. The van der Waals surface area contributed by atoms with E-state index in [1.807, 2.05) is 18.2 Å². The first-order valence-electron chi connectivity index (χ1n) is 8.65. The number of carbonyl (C=O) groups is 2. The Labute approximate surface area is 147 Å². The number of carbonyl (C=O) groups excluding carboxylic acids is 1. The Morgan fingerprint density at radius 3 is 2.68 bits per heavy atom. The maximum Gasteiger partial charge on any atom is 0.315 e. The molecule has 1 aromatic carbocycles. The highest BCUT2D eigenvalue weighted by molar-refractivity contribution is 5.74. The average molecular weight is 350 g/mol. The normalized spacial score (nSPS) is 14.1. The van der Waals surface area contributed by atoms with Crippen LogP contribution in [0.3, 0.4) is 0 Å². The summed E-state index contributed by atoms with van der Waals surface area (Å²) in [5.41, 5.74) is 0.883. The summed E-state index contributed by atoms with van der Waals surface area (Å²) in [6.07, 6.45) is 5.12. The summed E-state index contributed by atoms with van der Waals surface area (Å²) in [4.78, 5) is 22.2. The van der Waals surface area contributed by atoms with Gasteiger partial charge in [0.15, 0.2) is 0 Å². The number of benzene rings is 1. The van der Waals surface area contributed by atoms with E-state index in [1.165, 1.54) is 12.8 Å². The van der Waals surface area contributed by atoms with Gasteiger partial charge in [-0.1, -0.05) is 0 Å². The predicted molar refractivity (Wildman–Crippen MR) is 93.0 cm³/mol. The molecule has 1 aromatic rings. The van der Waals surface area contributed by atoms with E-state index in [4.69, 9.17) is 14.6 Å². The summed E-state index contributed by atoms with van der Waals surface area (Å²) in [5.74, 6) is 0.585. The summed E-state index contributed by atoms with van der Waals surface area (Å²) >= 11 is 0. The molecule has 1 aliphatic carbocycles. The molecule has 0 aromatic heterocycles. The van der Waals surface area contributed by atoms with Crippen LogP contribution < -0.4 is 20.1 Å². The van der Waals surface area contributed by atoms with Crippen LogP contribution in [0.4, 0.5) is 4.79 Å². The fourth-order valence-corrected chi connectivity index (χ4v) is 2.78. The van der Waals surface area contributed by atoms with Crippen LogP contribution in [0.1, 0.15) is 44.1 Å². The molecule has 7 nitrogen and oxygen atoms in total. The minimum absolute atomic E-state index is 0.0398. The standard InChI is InChI=1S/C18H26N2O5/c1-24-15-9-8-13(16(11-15)25-14-5-2-3-6-14)12-20-18(23)19-10-4-7-17(21)22/h8-9,11,14H,2-7,10,12H2,1H3,(H,21,22)(H2,19,20,23). The summed E-state index contributed by atoms with van der Waals surface area (Å²) in [6.45, 7) is 0.656. The lowest BCUT2D eigenvalue weighted by molar-refractivity contribution is -0.137. The largest absolute Gasteiger partial charge is 0.497 e. The Morgan fingerprint density at radius 2 is 2.00 bits per heavy atom. The van der Waals surface area contributed by atoms with Gasteiger partial charge in [-0.3, -0.25) is 4.79 Å². The van der Waals surface area contributed by atoms with Crippen LogP contribution in [0.15, 0.2) is 18.2 Å². The molecule has 2 amide bonds. The van der Waals surface area contributed by atoms with E-state index in [2.05, 4.69) is 10.6 Å². The molecule has 0 aliphatic heterocycles. The van der Waals surface area contributed by atoms with E-state index in [9.17, 15) is 9.59 Å². The highest BCUT2D eigenvalue weighted by atomic mass is 16.5. The van der Waals surface area contributed by atoms with Gasteiger partial charge in [-0.2, -0.15) is 0 Å². The van der Waals surface area contributed by atoms with Gasteiger partial charge < -0.3 is 25.2 Å². The molecule has 2 rings (SSSR count). The summed E-state index contributed by atoms with van der Waals surface area (Å²) < 4.78 is 11.3. The molecule has 0 unspecified atom stereocenters. The molecule has 0 bridgehead atoms. The molecule has 0 spiro atoms. The van der Waals surface area contributed by atoms with Crippen molar-refractivity contribution < 1.29 is 24.2 Å². The van der Waals surface area contributed by atoms with Crippen molar-refractivity contribution in [2.24, 2.45) is 0 Å². The molecule has 25 heavy (non-hydrogen) atoms. The maximum absolute atomic E-state index is 11.8. The lowest BCUT2D eigenvalue weighted by atomic mass is 10.2. The van der Waals surface area contributed by atoms with Gasteiger partial charge in [0.2, 0.25) is 0 Å². The zero-order valence-corrected chi connectivity index (χ0v) is 14.5. The fraction of sp³-hybridized carbons (Fsp3) is 0.556. The first kappa shape index (κ1) is 18.9. The zero-order chi connectivity index (χ0) is 18.1. The van der Waals surface area contributed by atoms with Crippen LogP contribution in [0.2, 0.25) is 0 Å². The number of ether oxygens (including phenoxy) is 2. The lowest BCUT2D eigenvalue weighted by Gasteiger charge is -2.18. The average Bonchev–Trinajstić information content (AvgIpc) is 3.10. The lowest BCUT2D eigenvalue weighted by Crippen LogP contribution is -2.35. The van der Waals surface area contributed by atoms with E-state index in [1.54, 1.807) is 7.11 Å². The minimum Gasteiger partial charge on any atom is -0.497 e. The van der Waals surface area contributed by atoms with Crippen molar-refractivity contribution in [1.29, 1.82) is 0 Å². The summed E-state index contributed by atoms with van der Waals surface area (Å²) in [6, 6.07) is 5.24. The minimum atomic E-state index is -0.867. The van der Waals surface area contributed by atoms with Crippen molar-refractivity contribution in [2.45, 2.75) is 51.2 Å². The number of aliphatic carboxylic acids is 1. The van der Waals surface area contributed by atoms with Gasteiger partial charge in [-0.25, -0.2) is 4.79 Å². The molecule has 3 N–H and O–H groups in total. The molecule has 7 heteroatoms. The van der Waals surface area contributed by atoms with Crippen LogP contribution in [0.25, 0.3) is 0 Å². The van der Waals surface area contributed by atoms with Crippen molar-refractivity contribution in [3.8, 4) is 11.5 Å². The fourth-order valence-electron chi connectivity index (χ4n) is 2.78. The number of methoxy groups -OCH3 is 1. The number of rotatable bonds is 9. The third-order valence-electron chi connectivity index (χ3n) is 4.16. The molecule has 138 valence electrons. The van der Waals surface area contributed by atoms with Crippen LogP contribution in [0, 0.1) is 0 Å². The molecule has 1 fully saturated rings. The van der Waals surface area contributed by atoms with Crippen molar-refractivity contribution in [3.63, 3.8) is 0 Å². The van der Waals surface area contributed by atoms with Gasteiger partial charge in [-0.05, 0) is 44.2 Å². The number of carboxylic acids is 1. The Hall–Kier alpha value is -2.44. The number of carboxylic acid groups (broad SMARTS) is 1. The molecule has 1 saturated carbocycles. The Kier molecular flexibility index (Phi) is 7.37. The highest BCUT2D eigenvalue weighted by Crippen LogP contribution is 2.29. The molecule has 0 saturated heterocycles. The third kappa shape index (κ3) is 6.52. The smallest absolute Gasteiger partial charge is 0.315 e. The molecular weight excluding hydrogens is 324 g/mol. The Bertz CT molecular complexity index is 585. The van der Waals surface area contributed by atoms with E-state index >= 15 is 0 Å². The number of amides is 2. The summed E-state index contributed by atoms with van der Waals surface area (Å²) in [5, 5.41) is 14.0. The van der Waals surface area contributed by atoms with Crippen molar-refractivity contribution in [2.75, 3.05) is 13.7 Å². The van der Waals surface area contributed by atoms with Gasteiger partial charge in [0.25, 0.3) is 0 Å². The third-order valence-corrected chi connectivity index (χ3v) is 4.16. The van der Waals surface area contributed by atoms with Crippen molar-refractivity contribution in [1.82, 2.24) is 10.6 Å². The first-order chi connectivity index (χ1) is 12.1. The van der Waals surface area contributed by atoms with Crippen LogP contribution in [0.5, 0.6) is 11.5 Å². The van der Waals surface area contributed by atoms with E-state index in [0.717, 1.165) is 29.9 Å². The second-order valence-electron chi connectivity index (χ2n) is 6.10. The SMILES string of the molecule is COc1ccc(CNC(=O)NCCCC(=O)O)c(OC2CCCC2)c1. The van der Waals surface area contributed by atoms with Crippen LogP contribution in [-0.2, 0) is 11.3 Å². The maximum atomic E-state index is 11.8. The van der Waals surface area contributed by atoms with Gasteiger partial charge in [0.1, 0.15) is 11.5 Å². The molecule has 1 aliphatic rings. The molecular formula is C18H26N2O5. The molecule has 0 atom stereocenters. The first-order valence-corrected chi connectivity index (χ1v) is 8.65. The van der Waals surface area contributed by atoms with E-state index in [0.29, 0.717) is 19.5 Å². The number of nitrogens with one attached hydrogen (secondary N) is 2. The number of hydrogen-bond acceptors (Lipinski definition) is 4. The predicted octanol–water partition coefficient (Wildman–Crippen LogP) is 2.68. The Balaban J connectivity index is 1.86. The number of hydrogen-bond donors (Lipinski definition) is 3. The van der Waals surface area contributed by atoms with Gasteiger partial charge >= 0.3 is 12.0 Å². The second kappa shape index (κ2) is 9.76. The van der Waals surface area contributed by atoms with Gasteiger partial charge in [0, 0.05) is 31.1 Å².